The second kappa shape index (κ2) is 6.79. The summed E-state index contributed by atoms with van der Waals surface area (Å²) in [7, 11) is 0. The maximum atomic E-state index is 13.0. The van der Waals surface area contributed by atoms with Crippen LogP contribution in [0.25, 0.3) is 10.9 Å². The number of nitrogens with zero attached hydrogens (tertiary/aromatic N) is 1. The van der Waals surface area contributed by atoms with E-state index in [-0.39, 0.29) is 17.0 Å². The Morgan fingerprint density at radius 3 is 2.73 bits per heavy atom. The van der Waals surface area contributed by atoms with Crippen molar-refractivity contribution in [3.63, 3.8) is 0 Å². The highest BCUT2D eigenvalue weighted by molar-refractivity contribution is 5.97. The van der Waals surface area contributed by atoms with Crippen LogP contribution in [0.2, 0.25) is 0 Å². The van der Waals surface area contributed by atoms with Gasteiger partial charge in [-0.1, -0.05) is 42.5 Å². The number of para-hydroxylation sites is 1. The number of aromatic amines is 1. The molecule has 1 aliphatic rings. The first-order valence-corrected chi connectivity index (χ1v) is 9.10. The van der Waals surface area contributed by atoms with Gasteiger partial charge in [0.15, 0.2) is 0 Å². The Balaban J connectivity index is 1.63. The summed E-state index contributed by atoms with van der Waals surface area (Å²) in [6.07, 6.45) is 2.03. The van der Waals surface area contributed by atoms with Crippen LogP contribution in [-0.2, 0) is 0 Å². The molecule has 1 amide bonds. The van der Waals surface area contributed by atoms with Gasteiger partial charge in [0.05, 0.1) is 0 Å². The molecule has 1 saturated heterocycles. The number of aromatic nitrogens is 1. The van der Waals surface area contributed by atoms with E-state index >= 15 is 0 Å². The standard InChI is InChI=1S/C22H22N2O2/c1-15-7-2-4-10-18(15)17-9-6-12-24(14-17)22(26)19-13-16-8-3-5-11-20(16)23-21(19)25/h2-5,7-8,10-11,13,17H,6,9,12,14H2,1H3,(H,23,25). The van der Waals surface area contributed by atoms with Crippen molar-refractivity contribution in [2.45, 2.75) is 25.7 Å². The third-order valence-electron chi connectivity index (χ3n) is 5.32. The maximum Gasteiger partial charge on any atom is 0.261 e. The third kappa shape index (κ3) is 3.03. The molecule has 1 fully saturated rings. The zero-order valence-electron chi connectivity index (χ0n) is 14.9. The maximum absolute atomic E-state index is 13.0. The molecule has 1 aliphatic heterocycles. The van der Waals surface area contributed by atoms with Crippen molar-refractivity contribution in [2.24, 2.45) is 0 Å². The Morgan fingerprint density at radius 2 is 1.88 bits per heavy atom. The Hall–Kier alpha value is -2.88. The number of aryl methyl sites for hydroxylation is 1. The number of H-pyrrole nitrogens is 1. The molecular weight excluding hydrogens is 324 g/mol. The molecule has 132 valence electrons. The number of hydrogen-bond acceptors (Lipinski definition) is 2. The number of nitrogens with one attached hydrogen (secondary N) is 1. The molecule has 4 heteroatoms. The number of rotatable bonds is 2. The van der Waals surface area contributed by atoms with Crippen molar-refractivity contribution < 1.29 is 4.79 Å². The molecule has 0 spiro atoms. The summed E-state index contributed by atoms with van der Waals surface area (Å²) in [4.78, 5) is 30.1. The van der Waals surface area contributed by atoms with Crippen molar-refractivity contribution in [2.75, 3.05) is 13.1 Å². The SMILES string of the molecule is Cc1ccccc1C1CCCN(C(=O)c2cc3ccccc3[nH]c2=O)C1. The molecule has 0 radical (unpaired) electrons. The molecule has 1 atom stereocenters. The number of hydrogen-bond donors (Lipinski definition) is 1. The number of benzene rings is 2. The molecule has 4 nitrogen and oxygen atoms in total. The predicted octanol–water partition coefficient (Wildman–Crippen LogP) is 3.86. The molecule has 1 N–H and O–H groups in total. The van der Waals surface area contributed by atoms with Crippen molar-refractivity contribution in [3.05, 3.63) is 81.6 Å². The van der Waals surface area contributed by atoms with Crippen LogP contribution < -0.4 is 5.56 Å². The van der Waals surface area contributed by atoms with Gasteiger partial charge in [-0.05, 0) is 48.4 Å². The number of carbonyl (C=O) groups is 1. The first kappa shape index (κ1) is 16.6. The van der Waals surface area contributed by atoms with Gasteiger partial charge in [-0.3, -0.25) is 9.59 Å². The number of carbonyl (C=O) groups excluding carboxylic acids is 1. The van der Waals surface area contributed by atoms with Gasteiger partial charge in [0.2, 0.25) is 0 Å². The van der Waals surface area contributed by atoms with E-state index in [9.17, 15) is 9.59 Å². The highest BCUT2D eigenvalue weighted by Gasteiger charge is 2.27. The Morgan fingerprint density at radius 1 is 1.12 bits per heavy atom. The lowest BCUT2D eigenvalue weighted by molar-refractivity contribution is 0.0705. The van der Waals surface area contributed by atoms with Crippen LogP contribution in [-0.4, -0.2) is 28.9 Å². The smallest absolute Gasteiger partial charge is 0.261 e. The number of likely N-dealkylation sites (tertiary alicyclic amines) is 1. The van der Waals surface area contributed by atoms with Crippen molar-refractivity contribution in [1.29, 1.82) is 0 Å². The fourth-order valence-electron chi connectivity index (χ4n) is 3.94. The molecule has 0 saturated carbocycles. The number of amides is 1. The Bertz CT molecular complexity index is 1020. The highest BCUT2D eigenvalue weighted by atomic mass is 16.2. The van der Waals surface area contributed by atoms with E-state index in [0.717, 1.165) is 23.7 Å². The lowest BCUT2D eigenvalue weighted by atomic mass is 9.88. The van der Waals surface area contributed by atoms with E-state index in [1.807, 2.05) is 35.2 Å². The van der Waals surface area contributed by atoms with Crippen LogP contribution in [0.1, 0.15) is 40.2 Å². The average Bonchev–Trinajstić information content (AvgIpc) is 2.67. The summed E-state index contributed by atoms with van der Waals surface area (Å²) >= 11 is 0. The van der Waals surface area contributed by atoms with Crippen molar-refractivity contribution in [1.82, 2.24) is 9.88 Å². The summed E-state index contributed by atoms with van der Waals surface area (Å²) in [5.41, 5.74) is 3.24. The predicted molar refractivity (Wildman–Crippen MR) is 104 cm³/mol. The summed E-state index contributed by atoms with van der Waals surface area (Å²) < 4.78 is 0. The van der Waals surface area contributed by atoms with Gasteiger partial charge in [0.1, 0.15) is 5.56 Å². The van der Waals surface area contributed by atoms with Crippen LogP contribution >= 0.6 is 0 Å². The van der Waals surface area contributed by atoms with Gasteiger partial charge in [-0.2, -0.15) is 0 Å². The zero-order valence-corrected chi connectivity index (χ0v) is 14.9. The van der Waals surface area contributed by atoms with E-state index in [1.165, 1.54) is 11.1 Å². The van der Waals surface area contributed by atoms with Crippen LogP contribution in [0.15, 0.2) is 59.4 Å². The number of pyridine rings is 1. The monoisotopic (exact) mass is 346 g/mol. The lowest BCUT2D eigenvalue weighted by Gasteiger charge is -2.33. The fourth-order valence-corrected chi connectivity index (χ4v) is 3.94. The van der Waals surface area contributed by atoms with Crippen LogP contribution in [0.3, 0.4) is 0 Å². The molecule has 2 heterocycles. The molecule has 1 unspecified atom stereocenters. The van der Waals surface area contributed by atoms with Crippen molar-refractivity contribution in [3.8, 4) is 0 Å². The van der Waals surface area contributed by atoms with Crippen LogP contribution in [0.5, 0.6) is 0 Å². The first-order valence-electron chi connectivity index (χ1n) is 9.10. The van der Waals surface area contributed by atoms with E-state index in [1.54, 1.807) is 6.07 Å². The highest BCUT2D eigenvalue weighted by Crippen LogP contribution is 2.29. The molecule has 4 rings (SSSR count). The Kier molecular flexibility index (Phi) is 4.33. The molecule has 1 aromatic heterocycles. The molecule has 3 aromatic rings. The van der Waals surface area contributed by atoms with E-state index in [4.69, 9.17) is 0 Å². The second-order valence-corrected chi connectivity index (χ2v) is 7.05. The van der Waals surface area contributed by atoms with Gasteiger partial charge in [0.25, 0.3) is 11.5 Å². The summed E-state index contributed by atoms with van der Waals surface area (Å²) in [5.74, 6) is 0.156. The summed E-state index contributed by atoms with van der Waals surface area (Å²) in [6, 6.07) is 17.6. The molecular formula is C22H22N2O2. The van der Waals surface area contributed by atoms with Crippen LogP contribution in [0.4, 0.5) is 0 Å². The molecule has 26 heavy (non-hydrogen) atoms. The Labute approximate surface area is 152 Å². The minimum Gasteiger partial charge on any atom is -0.338 e. The normalized spacial score (nSPS) is 17.4. The zero-order chi connectivity index (χ0) is 18.1. The van der Waals surface area contributed by atoms with E-state index in [2.05, 4.69) is 30.1 Å². The van der Waals surface area contributed by atoms with Gasteiger partial charge in [-0.25, -0.2) is 0 Å². The topological polar surface area (TPSA) is 53.2 Å². The number of piperidine rings is 1. The minimum absolute atomic E-state index is 0.171. The number of fused-ring (bicyclic) bond motifs is 1. The quantitative estimate of drug-likeness (QED) is 0.766. The van der Waals surface area contributed by atoms with E-state index < -0.39 is 0 Å². The summed E-state index contributed by atoms with van der Waals surface area (Å²) in [6.45, 7) is 3.48. The van der Waals surface area contributed by atoms with E-state index in [0.29, 0.717) is 19.0 Å². The first-order chi connectivity index (χ1) is 12.6. The van der Waals surface area contributed by atoms with Gasteiger partial charge >= 0.3 is 0 Å². The largest absolute Gasteiger partial charge is 0.338 e. The van der Waals surface area contributed by atoms with Crippen LogP contribution in [0, 0.1) is 6.92 Å². The third-order valence-corrected chi connectivity index (χ3v) is 5.32. The molecule has 0 aliphatic carbocycles. The average molecular weight is 346 g/mol. The lowest BCUT2D eigenvalue weighted by Crippen LogP contribution is -2.41. The molecule has 2 aromatic carbocycles. The van der Waals surface area contributed by atoms with Gasteiger partial charge in [0, 0.05) is 24.5 Å². The van der Waals surface area contributed by atoms with Crippen molar-refractivity contribution >= 4 is 16.8 Å². The second-order valence-electron chi connectivity index (χ2n) is 7.05. The van der Waals surface area contributed by atoms with Gasteiger partial charge < -0.3 is 9.88 Å². The summed E-state index contributed by atoms with van der Waals surface area (Å²) in [5, 5.41) is 0.878. The fraction of sp³-hybridized carbons (Fsp3) is 0.273. The molecule has 0 bridgehead atoms. The van der Waals surface area contributed by atoms with Gasteiger partial charge in [-0.15, -0.1) is 0 Å². The minimum atomic E-state index is -0.313.